The Bertz CT molecular complexity index is 433. The minimum atomic E-state index is -0.920. The number of carbonyl (C=O) groups is 1. The number of carbonyl (C=O) groups excluding carboxylic acids is 2. The maximum atomic E-state index is 11.0. The molecule has 0 saturated heterocycles. The summed E-state index contributed by atoms with van der Waals surface area (Å²) in [5.41, 5.74) is 1.74. The molecule has 0 aliphatic carbocycles. The van der Waals surface area contributed by atoms with Crippen molar-refractivity contribution in [3.05, 3.63) is 17.7 Å². The molecular formula is C10H11N2O5. The van der Waals surface area contributed by atoms with Crippen LogP contribution in [0.15, 0.2) is 12.1 Å². The van der Waals surface area contributed by atoms with Crippen LogP contribution in [0.5, 0.6) is 17.2 Å². The van der Waals surface area contributed by atoms with Gasteiger partial charge in [-0.1, -0.05) is 0 Å². The van der Waals surface area contributed by atoms with E-state index in [9.17, 15) is 9.59 Å². The van der Waals surface area contributed by atoms with Gasteiger partial charge in [-0.2, -0.15) is 0 Å². The Labute approximate surface area is 97.4 Å². The zero-order chi connectivity index (χ0) is 12.8. The predicted octanol–water partition coefficient (Wildman–Crippen LogP) is 0.124. The summed E-state index contributed by atoms with van der Waals surface area (Å²) in [4.78, 5) is 21.8. The van der Waals surface area contributed by atoms with Crippen LogP contribution in [0.1, 0.15) is 5.56 Å². The fourth-order valence-corrected chi connectivity index (χ4v) is 1.16. The molecule has 17 heavy (non-hydrogen) atoms. The summed E-state index contributed by atoms with van der Waals surface area (Å²) < 4.78 is 14.7. The van der Waals surface area contributed by atoms with Gasteiger partial charge in [-0.05, 0) is 0 Å². The van der Waals surface area contributed by atoms with E-state index in [1.807, 2.05) is 0 Å². The van der Waals surface area contributed by atoms with E-state index in [4.69, 9.17) is 20.1 Å². The van der Waals surface area contributed by atoms with Crippen molar-refractivity contribution in [2.24, 2.45) is 5.84 Å². The van der Waals surface area contributed by atoms with Crippen molar-refractivity contribution in [1.29, 1.82) is 0 Å². The van der Waals surface area contributed by atoms with Crippen LogP contribution in [0.25, 0.3) is 0 Å². The Morgan fingerprint density at radius 2 is 1.94 bits per heavy atom. The molecule has 0 fully saturated rings. The van der Waals surface area contributed by atoms with Crippen LogP contribution in [-0.2, 0) is 4.79 Å². The molecule has 0 spiro atoms. The molecule has 0 bridgehead atoms. The van der Waals surface area contributed by atoms with Crippen LogP contribution in [0, 0.1) is 0 Å². The SMILES string of the molecule is COc1cc(OC)c([C]=O)c(OC(=O)NN)c1. The van der Waals surface area contributed by atoms with Crippen molar-refractivity contribution in [3.63, 3.8) is 0 Å². The summed E-state index contributed by atoms with van der Waals surface area (Å²) in [5.74, 6) is 5.35. The van der Waals surface area contributed by atoms with E-state index in [1.165, 1.54) is 26.4 Å². The molecule has 0 aliphatic rings. The summed E-state index contributed by atoms with van der Waals surface area (Å²) in [6.45, 7) is 0. The maximum absolute atomic E-state index is 11.0. The van der Waals surface area contributed by atoms with Gasteiger partial charge in [0.15, 0.2) is 5.75 Å². The Morgan fingerprint density at radius 1 is 1.29 bits per heavy atom. The highest BCUT2D eigenvalue weighted by molar-refractivity contribution is 5.86. The van der Waals surface area contributed by atoms with E-state index < -0.39 is 6.09 Å². The number of hydrogen-bond acceptors (Lipinski definition) is 6. The van der Waals surface area contributed by atoms with Gasteiger partial charge in [0.05, 0.1) is 14.2 Å². The molecule has 7 nitrogen and oxygen atoms in total. The van der Waals surface area contributed by atoms with Gasteiger partial charge in [-0.3, -0.25) is 10.2 Å². The lowest BCUT2D eigenvalue weighted by atomic mass is 10.2. The van der Waals surface area contributed by atoms with E-state index in [2.05, 4.69) is 0 Å². The molecule has 1 rings (SSSR count). The Balaban J connectivity index is 3.23. The van der Waals surface area contributed by atoms with E-state index in [0.717, 1.165) is 0 Å². The lowest BCUT2D eigenvalue weighted by molar-refractivity contribution is 0.200. The number of nitrogens with two attached hydrogens (primary N) is 1. The molecule has 1 aromatic rings. The molecule has 3 N–H and O–H groups in total. The second kappa shape index (κ2) is 5.71. The third-order valence-electron chi connectivity index (χ3n) is 1.92. The zero-order valence-corrected chi connectivity index (χ0v) is 9.27. The van der Waals surface area contributed by atoms with Crippen LogP contribution in [-0.4, -0.2) is 26.6 Å². The Morgan fingerprint density at radius 3 is 2.41 bits per heavy atom. The number of hydrogen-bond donors (Lipinski definition) is 2. The molecule has 0 saturated carbocycles. The molecular weight excluding hydrogens is 228 g/mol. The smallest absolute Gasteiger partial charge is 0.426 e. The van der Waals surface area contributed by atoms with Gasteiger partial charge in [0.2, 0.25) is 6.29 Å². The lowest BCUT2D eigenvalue weighted by Crippen LogP contribution is -2.33. The fourth-order valence-electron chi connectivity index (χ4n) is 1.16. The average molecular weight is 239 g/mol. The number of methoxy groups -OCH3 is 2. The van der Waals surface area contributed by atoms with Crippen molar-refractivity contribution >= 4 is 12.4 Å². The summed E-state index contributed by atoms with van der Waals surface area (Å²) >= 11 is 0. The number of hydrazine groups is 1. The van der Waals surface area contributed by atoms with Gasteiger partial charge in [-0.25, -0.2) is 10.6 Å². The van der Waals surface area contributed by atoms with Gasteiger partial charge in [-0.15, -0.1) is 0 Å². The summed E-state index contributed by atoms with van der Waals surface area (Å²) in [6, 6.07) is 2.81. The Hall–Kier alpha value is -2.28. The summed E-state index contributed by atoms with van der Waals surface area (Å²) in [5, 5.41) is 0. The highest BCUT2D eigenvalue weighted by atomic mass is 16.6. The number of benzene rings is 1. The van der Waals surface area contributed by atoms with Gasteiger partial charge in [0.1, 0.15) is 17.1 Å². The van der Waals surface area contributed by atoms with Gasteiger partial charge in [0.25, 0.3) is 0 Å². The number of nitrogens with one attached hydrogen (secondary N) is 1. The van der Waals surface area contributed by atoms with Gasteiger partial charge >= 0.3 is 6.09 Å². The largest absolute Gasteiger partial charge is 0.496 e. The van der Waals surface area contributed by atoms with Crippen molar-refractivity contribution in [1.82, 2.24) is 5.43 Å². The molecule has 0 aromatic heterocycles. The molecule has 0 unspecified atom stereocenters. The normalized spacial score (nSPS) is 9.35. The van der Waals surface area contributed by atoms with Crippen LogP contribution in [0.2, 0.25) is 0 Å². The molecule has 1 radical (unpaired) electrons. The Kier molecular flexibility index (Phi) is 4.29. The average Bonchev–Trinajstić information content (AvgIpc) is 2.37. The van der Waals surface area contributed by atoms with Crippen LogP contribution >= 0.6 is 0 Å². The highest BCUT2D eigenvalue weighted by Gasteiger charge is 2.16. The maximum Gasteiger partial charge on any atom is 0.426 e. The minimum absolute atomic E-state index is 0.0306. The first-order valence-electron chi connectivity index (χ1n) is 4.48. The molecule has 1 aromatic carbocycles. The first-order valence-corrected chi connectivity index (χ1v) is 4.48. The number of amides is 1. The number of ether oxygens (including phenoxy) is 3. The van der Waals surface area contributed by atoms with E-state index >= 15 is 0 Å². The zero-order valence-electron chi connectivity index (χ0n) is 9.27. The first kappa shape index (κ1) is 12.8. The van der Waals surface area contributed by atoms with Crippen molar-refractivity contribution in [3.8, 4) is 17.2 Å². The monoisotopic (exact) mass is 239 g/mol. The number of rotatable bonds is 4. The van der Waals surface area contributed by atoms with Crippen LogP contribution in [0.4, 0.5) is 4.79 Å². The summed E-state index contributed by atoms with van der Waals surface area (Å²) in [6.07, 6.45) is 0.700. The first-order chi connectivity index (χ1) is 8.15. The molecule has 7 heteroatoms. The van der Waals surface area contributed by atoms with Crippen LogP contribution < -0.4 is 25.5 Å². The fraction of sp³-hybridized carbons (Fsp3) is 0.200. The third-order valence-corrected chi connectivity index (χ3v) is 1.92. The quantitative estimate of drug-likeness (QED) is 0.440. The van der Waals surface area contributed by atoms with Gasteiger partial charge < -0.3 is 14.2 Å². The lowest BCUT2D eigenvalue weighted by Gasteiger charge is -2.11. The molecule has 91 valence electrons. The third kappa shape index (κ3) is 2.85. The predicted molar refractivity (Wildman–Crippen MR) is 57.7 cm³/mol. The van der Waals surface area contributed by atoms with Crippen molar-refractivity contribution < 1.29 is 23.8 Å². The van der Waals surface area contributed by atoms with E-state index in [1.54, 1.807) is 11.7 Å². The highest BCUT2D eigenvalue weighted by Crippen LogP contribution is 2.32. The minimum Gasteiger partial charge on any atom is -0.496 e. The van der Waals surface area contributed by atoms with Crippen molar-refractivity contribution in [2.75, 3.05) is 14.2 Å². The standard InChI is InChI=1S/C10H11N2O5/c1-15-6-3-8(16-2)7(5-13)9(4-6)17-10(14)12-11/h3-4H,11H2,1-2H3,(H,12,14). The second-order valence-corrected chi connectivity index (χ2v) is 2.84. The van der Waals surface area contributed by atoms with Crippen LogP contribution in [0.3, 0.4) is 0 Å². The molecule has 0 aliphatic heterocycles. The van der Waals surface area contributed by atoms with E-state index in [-0.39, 0.29) is 17.1 Å². The van der Waals surface area contributed by atoms with Crippen molar-refractivity contribution in [2.45, 2.75) is 0 Å². The second-order valence-electron chi connectivity index (χ2n) is 2.84. The molecule has 1 amide bonds. The topological polar surface area (TPSA) is 99.9 Å². The van der Waals surface area contributed by atoms with Gasteiger partial charge in [0, 0.05) is 12.1 Å². The molecule has 0 heterocycles. The van der Waals surface area contributed by atoms with E-state index in [0.29, 0.717) is 5.75 Å². The summed E-state index contributed by atoms with van der Waals surface area (Å²) in [7, 11) is 2.79. The molecule has 0 atom stereocenters.